The summed E-state index contributed by atoms with van der Waals surface area (Å²) in [6, 6.07) is 9.63. The van der Waals surface area contributed by atoms with Gasteiger partial charge in [-0.1, -0.05) is 45.0 Å². The van der Waals surface area contributed by atoms with Crippen LogP contribution in [0.1, 0.15) is 57.2 Å². The number of aryl methyl sites for hydroxylation is 1. The van der Waals surface area contributed by atoms with Gasteiger partial charge >= 0.3 is 0 Å². The van der Waals surface area contributed by atoms with Crippen LogP contribution in [-0.4, -0.2) is 31.1 Å². The maximum atomic E-state index is 3.77. The zero-order chi connectivity index (χ0) is 15.1. The Labute approximate surface area is 130 Å². The van der Waals surface area contributed by atoms with E-state index < -0.39 is 0 Å². The maximum Gasteiger partial charge on any atom is 0.0317 e. The number of rotatable bonds is 8. The summed E-state index contributed by atoms with van der Waals surface area (Å²) < 4.78 is 0. The van der Waals surface area contributed by atoms with Gasteiger partial charge in [0.25, 0.3) is 0 Å². The normalized spacial score (nSPS) is 18.8. The summed E-state index contributed by atoms with van der Waals surface area (Å²) in [5.41, 5.74) is 2.86. The van der Waals surface area contributed by atoms with Gasteiger partial charge in [-0.05, 0) is 62.4 Å². The first kappa shape index (κ1) is 16.5. The monoisotopic (exact) mass is 288 g/mol. The second kappa shape index (κ2) is 8.55. The van der Waals surface area contributed by atoms with Crippen LogP contribution >= 0.6 is 0 Å². The van der Waals surface area contributed by atoms with Crippen molar-refractivity contribution in [3.05, 3.63) is 35.4 Å². The first-order chi connectivity index (χ1) is 10.2. The van der Waals surface area contributed by atoms with Crippen LogP contribution in [0.2, 0.25) is 0 Å². The van der Waals surface area contributed by atoms with Crippen LogP contribution in [0.4, 0.5) is 0 Å². The van der Waals surface area contributed by atoms with E-state index in [0.29, 0.717) is 6.04 Å². The van der Waals surface area contributed by atoms with Crippen molar-refractivity contribution in [3.8, 4) is 0 Å². The van der Waals surface area contributed by atoms with Gasteiger partial charge in [0.1, 0.15) is 0 Å². The highest BCUT2D eigenvalue weighted by molar-refractivity contribution is 5.25. The fourth-order valence-electron chi connectivity index (χ4n) is 3.30. The fourth-order valence-corrected chi connectivity index (χ4v) is 3.30. The fraction of sp³-hybridized carbons (Fsp3) is 0.684. The second-order valence-electron chi connectivity index (χ2n) is 6.58. The Morgan fingerprint density at radius 2 is 1.76 bits per heavy atom. The molecule has 1 heterocycles. The zero-order valence-corrected chi connectivity index (χ0v) is 14.1. The molecule has 0 saturated carbocycles. The summed E-state index contributed by atoms with van der Waals surface area (Å²) in [6.45, 7) is 11.8. The number of benzene rings is 1. The largest absolute Gasteiger partial charge is 0.310 e. The molecule has 0 bridgehead atoms. The second-order valence-corrected chi connectivity index (χ2v) is 6.58. The Morgan fingerprint density at radius 3 is 2.33 bits per heavy atom. The van der Waals surface area contributed by atoms with E-state index in [1.165, 1.54) is 43.6 Å². The van der Waals surface area contributed by atoms with Crippen molar-refractivity contribution in [1.82, 2.24) is 10.2 Å². The topological polar surface area (TPSA) is 15.3 Å². The van der Waals surface area contributed by atoms with Gasteiger partial charge in [-0.3, -0.25) is 0 Å². The molecule has 2 nitrogen and oxygen atoms in total. The van der Waals surface area contributed by atoms with Gasteiger partial charge in [0.05, 0.1) is 0 Å². The molecule has 2 unspecified atom stereocenters. The Hall–Kier alpha value is -0.860. The van der Waals surface area contributed by atoms with Crippen LogP contribution in [0, 0.1) is 5.92 Å². The van der Waals surface area contributed by atoms with Crippen LogP contribution < -0.4 is 5.32 Å². The summed E-state index contributed by atoms with van der Waals surface area (Å²) >= 11 is 0. The van der Waals surface area contributed by atoms with Crippen LogP contribution in [0.15, 0.2) is 24.3 Å². The van der Waals surface area contributed by atoms with E-state index in [1.54, 1.807) is 0 Å². The van der Waals surface area contributed by atoms with E-state index in [0.717, 1.165) is 25.3 Å². The van der Waals surface area contributed by atoms with E-state index >= 15 is 0 Å². The quantitative estimate of drug-likeness (QED) is 0.777. The van der Waals surface area contributed by atoms with Gasteiger partial charge in [0.15, 0.2) is 0 Å². The predicted octanol–water partition coefficient (Wildman–Crippen LogP) is 4.02. The molecule has 0 radical (unpaired) electrons. The van der Waals surface area contributed by atoms with Crippen molar-refractivity contribution in [2.45, 2.75) is 52.5 Å². The van der Waals surface area contributed by atoms with E-state index in [1.807, 2.05) is 0 Å². The summed E-state index contributed by atoms with van der Waals surface area (Å²) in [6.07, 6.45) is 5.06. The van der Waals surface area contributed by atoms with Gasteiger partial charge in [0.2, 0.25) is 0 Å². The molecule has 0 aliphatic carbocycles. The number of likely N-dealkylation sites (tertiary alicyclic amines) is 1. The van der Waals surface area contributed by atoms with Gasteiger partial charge in [-0.2, -0.15) is 0 Å². The third-order valence-corrected chi connectivity index (χ3v) is 4.68. The summed E-state index contributed by atoms with van der Waals surface area (Å²) in [5, 5.41) is 3.77. The minimum atomic E-state index is 0.497. The molecule has 0 spiro atoms. The van der Waals surface area contributed by atoms with Crippen molar-refractivity contribution < 1.29 is 0 Å². The minimum absolute atomic E-state index is 0.497. The van der Waals surface area contributed by atoms with Crippen molar-refractivity contribution in [2.75, 3.05) is 26.2 Å². The lowest BCUT2D eigenvalue weighted by atomic mass is 10.0. The molecule has 1 saturated heterocycles. The minimum Gasteiger partial charge on any atom is -0.310 e. The SMILES string of the molecule is CCc1ccc(C(CC)NCC(C)CN2CCCC2)cc1. The molecule has 21 heavy (non-hydrogen) atoms. The highest BCUT2D eigenvalue weighted by atomic mass is 15.1. The summed E-state index contributed by atoms with van der Waals surface area (Å²) in [7, 11) is 0. The molecule has 0 amide bonds. The molecule has 1 aliphatic rings. The number of hydrogen-bond acceptors (Lipinski definition) is 2. The van der Waals surface area contributed by atoms with Crippen LogP contribution in [0.3, 0.4) is 0 Å². The average Bonchev–Trinajstić information content (AvgIpc) is 3.01. The van der Waals surface area contributed by atoms with Crippen molar-refractivity contribution >= 4 is 0 Å². The average molecular weight is 288 g/mol. The Balaban J connectivity index is 1.80. The molecular weight excluding hydrogens is 256 g/mol. The van der Waals surface area contributed by atoms with Crippen molar-refractivity contribution in [3.63, 3.8) is 0 Å². The molecule has 0 aromatic heterocycles. The van der Waals surface area contributed by atoms with Gasteiger partial charge < -0.3 is 10.2 Å². The predicted molar refractivity (Wildman–Crippen MR) is 91.7 cm³/mol. The summed E-state index contributed by atoms with van der Waals surface area (Å²) in [5.74, 6) is 0.729. The molecule has 118 valence electrons. The first-order valence-corrected chi connectivity index (χ1v) is 8.77. The number of nitrogens with one attached hydrogen (secondary N) is 1. The lowest BCUT2D eigenvalue weighted by Crippen LogP contribution is -2.33. The van der Waals surface area contributed by atoms with E-state index in [2.05, 4.69) is 55.3 Å². The van der Waals surface area contributed by atoms with Crippen molar-refractivity contribution in [2.24, 2.45) is 5.92 Å². The van der Waals surface area contributed by atoms with Gasteiger partial charge in [-0.15, -0.1) is 0 Å². The molecule has 1 aromatic rings. The number of hydrogen-bond donors (Lipinski definition) is 1. The number of nitrogens with zero attached hydrogens (tertiary/aromatic N) is 1. The highest BCUT2D eigenvalue weighted by Crippen LogP contribution is 2.18. The maximum absolute atomic E-state index is 3.77. The molecule has 2 atom stereocenters. The molecule has 1 aliphatic heterocycles. The standard InChI is InChI=1S/C19H32N2/c1-4-17-8-10-18(11-9-17)19(5-2)20-14-16(3)15-21-12-6-7-13-21/h8-11,16,19-20H,4-7,12-15H2,1-3H3. The van der Waals surface area contributed by atoms with E-state index in [-0.39, 0.29) is 0 Å². The molecule has 1 fully saturated rings. The lowest BCUT2D eigenvalue weighted by molar-refractivity contribution is 0.277. The highest BCUT2D eigenvalue weighted by Gasteiger charge is 2.16. The third-order valence-electron chi connectivity index (χ3n) is 4.68. The lowest BCUT2D eigenvalue weighted by Gasteiger charge is -2.24. The first-order valence-electron chi connectivity index (χ1n) is 8.77. The molecule has 1 N–H and O–H groups in total. The summed E-state index contributed by atoms with van der Waals surface area (Å²) in [4.78, 5) is 2.61. The molecule has 2 heteroatoms. The molecule has 1 aromatic carbocycles. The molecular formula is C19H32N2. The van der Waals surface area contributed by atoms with Gasteiger partial charge in [0, 0.05) is 12.6 Å². The van der Waals surface area contributed by atoms with Gasteiger partial charge in [-0.25, -0.2) is 0 Å². The zero-order valence-electron chi connectivity index (χ0n) is 14.1. The van der Waals surface area contributed by atoms with E-state index in [9.17, 15) is 0 Å². The smallest absolute Gasteiger partial charge is 0.0317 e. The van der Waals surface area contributed by atoms with Crippen LogP contribution in [-0.2, 0) is 6.42 Å². The van der Waals surface area contributed by atoms with Crippen LogP contribution in [0.25, 0.3) is 0 Å². The Morgan fingerprint density at radius 1 is 1.10 bits per heavy atom. The Kier molecular flexibility index (Phi) is 6.72. The van der Waals surface area contributed by atoms with E-state index in [4.69, 9.17) is 0 Å². The third kappa shape index (κ3) is 5.12. The van der Waals surface area contributed by atoms with Crippen molar-refractivity contribution in [1.29, 1.82) is 0 Å². The Bertz CT molecular complexity index is 393. The molecule has 2 rings (SSSR count). The van der Waals surface area contributed by atoms with Crippen LogP contribution in [0.5, 0.6) is 0 Å².